The Balaban J connectivity index is 1.65. The minimum absolute atomic E-state index is 0.203. The molecule has 0 spiro atoms. The number of methoxy groups -OCH3 is 1. The summed E-state index contributed by atoms with van der Waals surface area (Å²) in [4.78, 5) is 28.4. The summed E-state index contributed by atoms with van der Waals surface area (Å²) in [5, 5.41) is 9.14. The van der Waals surface area contributed by atoms with E-state index in [1.165, 1.54) is 12.0 Å². The highest BCUT2D eigenvalue weighted by Gasteiger charge is 2.21. The molecule has 1 amide bonds. The van der Waals surface area contributed by atoms with Gasteiger partial charge in [-0.2, -0.15) is 0 Å². The van der Waals surface area contributed by atoms with E-state index in [1.807, 2.05) is 30.3 Å². The lowest BCUT2D eigenvalue weighted by atomic mass is 9.90. The van der Waals surface area contributed by atoms with Gasteiger partial charge in [0.2, 0.25) is 5.88 Å². The number of amides is 1. The molecule has 1 aliphatic rings. The van der Waals surface area contributed by atoms with Gasteiger partial charge in [-0.15, -0.1) is 0 Å². The molecule has 2 heterocycles. The van der Waals surface area contributed by atoms with Crippen LogP contribution in [0.5, 0.6) is 5.88 Å². The maximum atomic E-state index is 11.2. The van der Waals surface area contributed by atoms with Crippen molar-refractivity contribution < 1.29 is 19.4 Å². The zero-order chi connectivity index (χ0) is 24.9. The number of nitrogens with zero attached hydrogens (tertiary/aromatic N) is 2. The summed E-state index contributed by atoms with van der Waals surface area (Å²) >= 11 is 0. The van der Waals surface area contributed by atoms with Crippen molar-refractivity contribution in [3.8, 4) is 40.1 Å². The molecule has 6 nitrogen and oxygen atoms in total. The average Bonchev–Trinajstić information content (AvgIpc) is 2.88. The molecule has 0 unspecified atom stereocenters. The highest BCUT2D eigenvalue weighted by molar-refractivity contribution is 5.82. The number of hydrogen-bond donors (Lipinski definition) is 1. The molecule has 6 heteroatoms. The van der Waals surface area contributed by atoms with Crippen molar-refractivity contribution in [1.82, 2.24) is 9.88 Å². The lowest BCUT2D eigenvalue weighted by Gasteiger charge is -2.27. The third kappa shape index (κ3) is 5.04. The molecule has 35 heavy (non-hydrogen) atoms. The Morgan fingerprint density at radius 1 is 1.03 bits per heavy atom. The van der Waals surface area contributed by atoms with Crippen LogP contribution in [0, 0.1) is 31.6 Å². The van der Waals surface area contributed by atoms with Gasteiger partial charge >= 0.3 is 6.09 Å². The summed E-state index contributed by atoms with van der Waals surface area (Å²) in [6.07, 6.45) is 1.41. The molecular weight excluding hydrogens is 440 g/mol. The Labute approximate surface area is 205 Å². The van der Waals surface area contributed by atoms with Gasteiger partial charge in [0.15, 0.2) is 6.29 Å². The van der Waals surface area contributed by atoms with Crippen LogP contribution in [0.4, 0.5) is 4.79 Å². The number of likely N-dealkylation sites (tertiary alicyclic amines) is 1. The van der Waals surface area contributed by atoms with Crippen LogP contribution in [-0.2, 0) is 0 Å². The van der Waals surface area contributed by atoms with Crippen LogP contribution in [0.2, 0.25) is 0 Å². The summed E-state index contributed by atoms with van der Waals surface area (Å²) in [7, 11) is 1.51. The second-order valence-corrected chi connectivity index (χ2v) is 8.68. The van der Waals surface area contributed by atoms with Crippen molar-refractivity contribution in [3.05, 3.63) is 70.8 Å². The number of rotatable bonds is 4. The van der Waals surface area contributed by atoms with Gasteiger partial charge in [-0.1, -0.05) is 42.2 Å². The predicted molar refractivity (Wildman–Crippen MR) is 136 cm³/mol. The number of hydrogen-bond acceptors (Lipinski definition) is 4. The van der Waals surface area contributed by atoms with E-state index >= 15 is 0 Å². The molecule has 1 fully saturated rings. The molecule has 0 bridgehead atoms. The first-order valence-corrected chi connectivity index (χ1v) is 11.6. The molecule has 4 rings (SSSR count). The number of ether oxygens (including phenoxy) is 1. The molecule has 0 radical (unpaired) electrons. The second kappa shape index (κ2) is 10.4. The van der Waals surface area contributed by atoms with Gasteiger partial charge in [0.05, 0.1) is 18.4 Å². The van der Waals surface area contributed by atoms with E-state index in [1.54, 1.807) is 6.07 Å². The normalized spacial score (nSPS) is 13.6. The van der Waals surface area contributed by atoms with Crippen LogP contribution in [0.3, 0.4) is 0 Å². The standard InChI is InChI=1S/C29H28N2O4/c1-19-22(11-10-21-14-16-31(17-15-21)29(33)34)6-4-7-24(19)25-8-5-9-26(20(25)2)27-13-12-23(18-32)28(30-27)35-3/h4-9,12-13,18,21H,14-17H2,1-3H3,(H,33,34). The molecule has 1 N–H and O–H groups in total. The van der Waals surface area contributed by atoms with Crippen LogP contribution in [0.25, 0.3) is 22.4 Å². The maximum absolute atomic E-state index is 11.2. The summed E-state index contributed by atoms with van der Waals surface area (Å²) in [6, 6.07) is 15.8. The zero-order valence-corrected chi connectivity index (χ0v) is 20.2. The molecule has 1 aromatic heterocycles. The number of benzene rings is 2. The smallest absolute Gasteiger partial charge is 0.407 e. The minimum atomic E-state index is -0.856. The molecule has 0 atom stereocenters. The maximum Gasteiger partial charge on any atom is 0.407 e. The topological polar surface area (TPSA) is 79.7 Å². The number of carboxylic acid groups (broad SMARTS) is 1. The van der Waals surface area contributed by atoms with Crippen molar-refractivity contribution in [3.63, 3.8) is 0 Å². The predicted octanol–water partition coefficient (Wildman–Crippen LogP) is 5.60. The minimum Gasteiger partial charge on any atom is -0.480 e. The highest BCUT2D eigenvalue weighted by atomic mass is 16.5. The Bertz CT molecular complexity index is 1330. The third-order valence-corrected chi connectivity index (χ3v) is 6.62. The average molecular weight is 469 g/mol. The first kappa shape index (κ1) is 24.0. The summed E-state index contributed by atoms with van der Waals surface area (Å²) in [5.74, 6) is 7.24. The number of aldehydes is 1. The van der Waals surface area contributed by atoms with E-state index in [0.29, 0.717) is 24.5 Å². The highest BCUT2D eigenvalue weighted by Crippen LogP contribution is 2.34. The van der Waals surface area contributed by atoms with Gasteiger partial charge in [-0.05, 0) is 67.1 Å². The number of carbonyl (C=O) groups excluding carboxylic acids is 1. The van der Waals surface area contributed by atoms with Crippen molar-refractivity contribution in [2.45, 2.75) is 26.7 Å². The van der Waals surface area contributed by atoms with Gasteiger partial charge in [0.25, 0.3) is 0 Å². The van der Waals surface area contributed by atoms with Crippen molar-refractivity contribution >= 4 is 12.4 Å². The molecule has 178 valence electrons. The molecule has 0 saturated carbocycles. The Kier molecular flexibility index (Phi) is 7.17. The third-order valence-electron chi connectivity index (χ3n) is 6.62. The van der Waals surface area contributed by atoms with Crippen LogP contribution in [0.1, 0.15) is 39.9 Å². The van der Waals surface area contributed by atoms with Crippen LogP contribution in [0.15, 0.2) is 48.5 Å². The van der Waals surface area contributed by atoms with Crippen molar-refractivity contribution in [2.24, 2.45) is 5.92 Å². The number of pyridine rings is 1. The number of carbonyl (C=O) groups is 2. The van der Waals surface area contributed by atoms with Gasteiger partial charge in [0.1, 0.15) is 0 Å². The first-order chi connectivity index (χ1) is 16.9. The van der Waals surface area contributed by atoms with Crippen molar-refractivity contribution in [2.75, 3.05) is 20.2 Å². The monoisotopic (exact) mass is 468 g/mol. The van der Waals surface area contributed by atoms with Gasteiger partial charge in [0, 0.05) is 30.1 Å². The Morgan fingerprint density at radius 2 is 1.69 bits per heavy atom. The summed E-state index contributed by atoms with van der Waals surface area (Å²) in [5.41, 5.74) is 7.49. The van der Waals surface area contributed by atoms with E-state index in [4.69, 9.17) is 9.84 Å². The Hall–Kier alpha value is -4.11. The van der Waals surface area contributed by atoms with E-state index in [-0.39, 0.29) is 5.92 Å². The fourth-order valence-corrected chi connectivity index (χ4v) is 4.52. The fraction of sp³-hybridized carbons (Fsp3) is 0.276. The van der Waals surface area contributed by atoms with E-state index in [2.05, 4.69) is 42.8 Å². The van der Waals surface area contributed by atoms with Crippen LogP contribution < -0.4 is 4.74 Å². The largest absolute Gasteiger partial charge is 0.480 e. The molecular formula is C29H28N2O4. The molecule has 1 saturated heterocycles. The summed E-state index contributed by atoms with van der Waals surface area (Å²) in [6.45, 7) is 5.22. The van der Waals surface area contributed by atoms with Crippen LogP contribution in [-0.4, -0.2) is 47.6 Å². The van der Waals surface area contributed by atoms with E-state index in [0.717, 1.165) is 58.2 Å². The SMILES string of the molecule is COc1nc(-c2cccc(-c3cccc(C#CC4CCN(C(=O)O)CC4)c3C)c2C)ccc1C=O. The van der Waals surface area contributed by atoms with E-state index in [9.17, 15) is 9.59 Å². The molecule has 0 aliphatic carbocycles. The van der Waals surface area contributed by atoms with Gasteiger partial charge < -0.3 is 14.7 Å². The number of piperidine rings is 1. The Morgan fingerprint density at radius 3 is 2.34 bits per heavy atom. The van der Waals surface area contributed by atoms with Crippen LogP contribution >= 0.6 is 0 Å². The quantitative estimate of drug-likeness (QED) is 0.399. The van der Waals surface area contributed by atoms with Crippen molar-refractivity contribution in [1.29, 1.82) is 0 Å². The zero-order valence-electron chi connectivity index (χ0n) is 20.2. The fourth-order valence-electron chi connectivity index (χ4n) is 4.52. The van der Waals surface area contributed by atoms with Gasteiger partial charge in [-0.25, -0.2) is 9.78 Å². The number of aromatic nitrogens is 1. The molecule has 2 aromatic carbocycles. The van der Waals surface area contributed by atoms with Gasteiger partial charge in [-0.3, -0.25) is 4.79 Å². The lowest BCUT2D eigenvalue weighted by Crippen LogP contribution is -2.37. The molecule has 1 aliphatic heterocycles. The van der Waals surface area contributed by atoms with E-state index < -0.39 is 6.09 Å². The lowest BCUT2D eigenvalue weighted by molar-refractivity contribution is 0.111. The molecule has 3 aromatic rings. The summed E-state index contributed by atoms with van der Waals surface area (Å²) < 4.78 is 5.29. The second-order valence-electron chi connectivity index (χ2n) is 8.68. The first-order valence-electron chi connectivity index (χ1n) is 11.6.